The number of esters is 1. The number of benzene rings is 4. The number of rotatable bonds is 12. The lowest BCUT2D eigenvalue weighted by Gasteiger charge is -2.49. The number of nitrogens with zero attached hydrogens (tertiary/aromatic N) is 1. The fourth-order valence-corrected chi connectivity index (χ4v) is 7.45. The average molecular weight is 731 g/mol. The number of aromatic hydroxyl groups is 3. The van der Waals surface area contributed by atoms with Crippen molar-refractivity contribution < 1.29 is 49.1 Å². The first-order chi connectivity index (χ1) is 24.5. The molecule has 2 aliphatic rings. The molecule has 12 nitrogen and oxygen atoms in total. The predicted molar refractivity (Wildman–Crippen MR) is 187 cm³/mol. The van der Waals surface area contributed by atoms with Crippen LogP contribution in [0, 0.1) is 0 Å². The number of hydrogen-bond donors (Lipinski definition) is 5. The van der Waals surface area contributed by atoms with Crippen molar-refractivity contribution in [2.24, 2.45) is 0 Å². The molecular weight excluding hydrogens is 700 g/mol. The van der Waals surface area contributed by atoms with Crippen LogP contribution in [0.1, 0.15) is 32.6 Å². The van der Waals surface area contributed by atoms with Gasteiger partial charge < -0.3 is 35.2 Å². The molecule has 2 heterocycles. The first-order valence-electron chi connectivity index (χ1n) is 15.6. The van der Waals surface area contributed by atoms with Crippen LogP contribution in [-0.4, -0.2) is 79.5 Å². The van der Waals surface area contributed by atoms with Gasteiger partial charge in [-0.25, -0.2) is 9.59 Å². The van der Waals surface area contributed by atoms with E-state index in [9.17, 15) is 39.6 Å². The normalized spacial score (nSPS) is 16.6. The molecule has 4 aromatic carbocycles. The van der Waals surface area contributed by atoms with Crippen LogP contribution in [0.25, 0.3) is 0 Å². The minimum Gasteiger partial charge on any atom is -0.508 e. The zero-order valence-corrected chi connectivity index (χ0v) is 28.3. The van der Waals surface area contributed by atoms with E-state index in [1.54, 1.807) is 60.7 Å². The number of carbonyl (C=O) groups is 4. The van der Waals surface area contributed by atoms with Crippen molar-refractivity contribution in [3.05, 3.63) is 129 Å². The number of fused-ring (bicyclic) bond motifs is 1. The van der Waals surface area contributed by atoms with Crippen molar-refractivity contribution in [2.75, 3.05) is 19.0 Å². The van der Waals surface area contributed by atoms with Gasteiger partial charge in [-0.1, -0.05) is 60.1 Å². The molecule has 5 N–H and O–H groups in total. The van der Waals surface area contributed by atoms with Gasteiger partial charge in [0.2, 0.25) is 0 Å². The van der Waals surface area contributed by atoms with Crippen LogP contribution in [-0.2, 0) is 32.0 Å². The second kappa shape index (κ2) is 15.1. The van der Waals surface area contributed by atoms with Crippen molar-refractivity contribution in [1.29, 1.82) is 0 Å². The Morgan fingerprint density at radius 2 is 1.53 bits per heavy atom. The van der Waals surface area contributed by atoms with E-state index in [-0.39, 0.29) is 59.1 Å². The van der Waals surface area contributed by atoms with E-state index in [4.69, 9.17) is 21.1 Å². The van der Waals surface area contributed by atoms with Crippen LogP contribution in [0.15, 0.2) is 96.2 Å². The molecule has 6 rings (SSSR count). The fourth-order valence-electron chi connectivity index (χ4n) is 5.86. The Balaban J connectivity index is 1.11. The maximum Gasteiger partial charge on any atom is 0.352 e. The molecule has 1 saturated heterocycles. The number of amides is 2. The summed E-state index contributed by atoms with van der Waals surface area (Å²) in [4.78, 5) is 52.0. The van der Waals surface area contributed by atoms with Crippen LogP contribution in [0.4, 0.5) is 0 Å². The molecule has 0 saturated carbocycles. The van der Waals surface area contributed by atoms with E-state index >= 15 is 0 Å². The smallest absolute Gasteiger partial charge is 0.352 e. The molecule has 2 aliphatic heterocycles. The number of aliphatic carboxylic acids is 1. The molecule has 51 heavy (non-hydrogen) atoms. The molecule has 4 aromatic rings. The lowest BCUT2D eigenvalue weighted by Crippen LogP contribution is -2.71. The van der Waals surface area contributed by atoms with Gasteiger partial charge in [0.15, 0.2) is 6.61 Å². The molecule has 2 atom stereocenters. The second-order valence-electron chi connectivity index (χ2n) is 11.8. The zero-order chi connectivity index (χ0) is 36.2. The molecule has 0 aromatic heterocycles. The largest absolute Gasteiger partial charge is 0.508 e. The number of ether oxygens (including phenoxy) is 2. The van der Waals surface area contributed by atoms with Crippen molar-refractivity contribution in [3.8, 4) is 23.0 Å². The summed E-state index contributed by atoms with van der Waals surface area (Å²) >= 11 is 7.56. The molecule has 1 unspecified atom stereocenters. The van der Waals surface area contributed by atoms with Gasteiger partial charge in [0.05, 0.1) is 0 Å². The lowest BCUT2D eigenvalue weighted by atomic mass is 9.96. The summed E-state index contributed by atoms with van der Waals surface area (Å²) in [6, 6.07) is 22.0. The highest BCUT2D eigenvalue weighted by Gasteiger charge is 2.54. The van der Waals surface area contributed by atoms with Crippen LogP contribution in [0.2, 0.25) is 5.02 Å². The number of phenolic OH excluding ortho intramolecular Hbond substituents is 3. The quantitative estimate of drug-likeness (QED) is 0.101. The van der Waals surface area contributed by atoms with E-state index in [1.807, 2.05) is 0 Å². The molecule has 0 radical (unpaired) electrons. The van der Waals surface area contributed by atoms with Gasteiger partial charge in [0.25, 0.3) is 11.8 Å². The van der Waals surface area contributed by atoms with Gasteiger partial charge in [-0.3, -0.25) is 14.5 Å². The fraction of sp³-hybridized carbons (Fsp3) is 0.189. The van der Waals surface area contributed by atoms with Crippen LogP contribution >= 0.6 is 23.4 Å². The molecular formula is C37H31ClN2O10S. The summed E-state index contributed by atoms with van der Waals surface area (Å²) < 4.78 is 10.9. The predicted octanol–water partition coefficient (Wildman–Crippen LogP) is 4.61. The molecule has 2 amide bonds. The Bertz CT molecular complexity index is 2050. The lowest BCUT2D eigenvalue weighted by molar-refractivity contribution is -0.151. The number of halogens is 1. The average Bonchev–Trinajstić information content (AvgIpc) is 3.12. The molecule has 14 heteroatoms. The molecule has 0 spiro atoms. The van der Waals surface area contributed by atoms with E-state index in [2.05, 4.69) is 5.32 Å². The van der Waals surface area contributed by atoms with Crippen molar-refractivity contribution in [1.82, 2.24) is 10.2 Å². The maximum absolute atomic E-state index is 13.2. The third-order valence-electron chi connectivity index (χ3n) is 8.38. The highest BCUT2D eigenvalue weighted by Crippen LogP contribution is 2.41. The zero-order valence-electron chi connectivity index (χ0n) is 26.7. The highest BCUT2D eigenvalue weighted by molar-refractivity contribution is 8.00. The number of phenols is 3. The standard InChI is InChI=1S/C37H31ClN2O10S/c38-25-15-22(13-20-7-4-5-12-28(20)41)32(43)23(16-25)14-21-8-6-11-27(33(21)44)37(48)50-17-24-19-51-35-30(34(45)40(35)31(24)36(46)47)39-29(42)18-49-26-9-2-1-3-10-26/h1-12,15-16,30,35,41,43-44H,13-14,17-19H2,(H,39,42)(H,46,47)/t30?,35-/m1/s1. The monoisotopic (exact) mass is 730 g/mol. The summed E-state index contributed by atoms with van der Waals surface area (Å²) in [7, 11) is 0. The van der Waals surface area contributed by atoms with Gasteiger partial charge >= 0.3 is 11.9 Å². The number of thioether (sulfide) groups is 1. The van der Waals surface area contributed by atoms with E-state index in [0.717, 1.165) is 4.90 Å². The van der Waals surface area contributed by atoms with Crippen LogP contribution in [0.5, 0.6) is 23.0 Å². The van der Waals surface area contributed by atoms with Crippen molar-refractivity contribution in [2.45, 2.75) is 24.3 Å². The van der Waals surface area contributed by atoms with Crippen molar-refractivity contribution >= 4 is 47.1 Å². The number of para-hydroxylation sites is 3. The van der Waals surface area contributed by atoms with E-state index in [0.29, 0.717) is 27.5 Å². The maximum atomic E-state index is 13.2. The third kappa shape index (κ3) is 7.59. The van der Waals surface area contributed by atoms with E-state index < -0.39 is 47.5 Å². The Morgan fingerprint density at radius 1 is 0.863 bits per heavy atom. The molecule has 0 aliphatic carbocycles. The molecule has 1 fully saturated rings. The van der Waals surface area contributed by atoms with Gasteiger partial charge in [-0.05, 0) is 47.5 Å². The highest BCUT2D eigenvalue weighted by atomic mass is 35.5. The van der Waals surface area contributed by atoms with E-state index in [1.165, 1.54) is 36.0 Å². The Labute approximate surface area is 300 Å². The number of β-lactam (4-membered cyclic amide) rings is 1. The Hall–Kier alpha value is -5.66. The number of hydrogen-bond acceptors (Lipinski definition) is 10. The second-order valence-corrected chi connectivity index (χ2v) is 13.3. The number of nitrogens with one attached hydrogen (secondary N) is 1. The summed E-state index contributed by atoms with van der Waals surface area (Å²) in [5.74, 6) is -3.35. The van der Waals surface area contributed by atoms with Crippen LogP contribution < -0.4 is 10.1 Å². The Kier molecular flexibility index (Phi) is 10.4. The summed E-state index contributed by atoms with van der Waals surface area (Å²) in [6.45, 7) is -0.802. The van der Waals surface area contributed by atoms with Gasteiger partial charge in [0.1, 0.15) is 52.3 Å². The Morgan fingerprint density at radius 3 is 2.24 bits per heavy atom. The summed E-state index contributed by atoms with van der Waals surface area (Å²) in [5.41, 5.74) is 1.33. The topological polar surface area (TPSA) is 183 Å². The molecule has 262 valence electrons. The minimum atomic E-state index is -1.40. The molecule has 0 bridgehead atoms. The van der Waals surface area contributed by atoms with Gasteiger partial charge in [-0.15, -0.1) is 11.8 Å². The SMILES string of the molecule is O=C(COc1ccccc1)NC1C(=O)N2C(C(=O)O)=C(COC(=O)c3cccc(Cc4cc(Cl)cc(Cc5ccccc5O)c4O)c3O)CS[C@H]12. The number of carboxylic acids is 1. The first-order valence-corrected chi connectivity index (χ1v) is 17.1. The van der Waals surface area contributed by atoms with Gasteiger partial charge in [0, 0.05) is 40.3 Å². The van der Waals surface area contributed by atoms with Crippen molar-refractivity contribution in [3.63, 3.8) is 0 Å². The first kappa shape index (κ1) is 35.2. The summed E-state index contributed by atoms with van der Waals surface area (Å²) in [5, 5.41) is 44.6. The third-order valence-corrected chi connectivity index (χ3v) is 9.94. The number of carboxylic acid groups (broad SMARTS) is 1. The minimum absolute atomic E-state index is 0.00732. The van der Waals surface area contributed by atoms with Crippen LogP contribution in [0.3, 0.4) is 0 Å². The van der Waals surface area contributed by atoms with Gasteiger partial charge in [-0.2, -0.15) is 0 Å². The number of carbonyl (C=O) groups excluding carboxylic acids is 3. The summed E-state index contributed by atoms with van der Waals surface area (Å²) in [6.07, 6.45) is 0.187.